The summed E-state index contributed by atoms with van der Waals surface area (Å²) >= 11 is 0. The molecule has 324 valence electrons. The molecule has 0 bridgehead atoms. The summed E-state index contributed by atoms with van der Waals surface area (Å²) in [7, 11) is 0. The van der Waals surface area contributed by atoms with Crippen LogP contribution < -0.4 is 0 Å². The topological polar surface area (TPSA) is 329 Å². The van der Waals surface area contributed by atoms with E-state index in [4.69, 9.17) is 85.7 Å². The summed E-state index contributed by atoms with van der Waals surface area (Å²) in [5.74, 6) is 0. The molecule has 14 N–H and O–H groups in total. The van der Waals surface area contributed by atoms with E-state index < -0.39 is 56.6 Å². The minimum atomic E-state index is -1.11. The van der Waals surface area contributed by atoms with Crippen molar-refractivity contribution >= 4 is 0 Å². The predicted molar refractivity (Wildman–Crippen MR) is 192 cm³/mol. The van der Waals surface area contributed by atoms with E-state index in [1.54, 1.807) is 27.7 Å². The summed E-state index contributed by atoms with van der Waals surface area (Å²) in [5.41, 5.74) is -1.11. The zero-order valence-corrected chi connectivity index (χ0v) is 32.1. The second kappa shape index (κ2) is 57.0. The van der Waals surface area contributed by atoms with Crippen molar-refractivity contribution in [3.05, 3.63) is 0 Å². The molecule has 4 unspecified atom stereocenters. The molecule has 0 fully saturated rings. The van der Waals surface area contributed by atoms with Crippen molar-refractivity contribution in [3.63, 3.8) is 0 Å². The Hall–Kier alpha value is -0.760. The van der Waals surface area contributed by atoms with E-state index in [9.17, 15) is 0 Å². The fourth-order valence-electron chi connectivity index (χ4n) is 2.34. The van der Waals surface area contributed by atoms with E-state index in [1.165, 1.54) is 0 Å². The molecular weight excluding hydrogens is 700 g/mol. The third-order valence-electron chi connectivity index (χ3n) is 5.45. The summed E-state index contributed by atoms with van der Waals surface area (Å²) in [6.07, 6.45) is 2.33. The van der Waals surface area contributed by atoms with Gasteiger partial charge in [0, 0.05) is 13.2 Å². The maximum Gasteiger partial charge on any atom is 0.157 e. The highest BCUT2D eigenvalue weighted by molar-refractivity contribution is 4.74. The Bertz CT molecular complexity index is 510. The standard InChI is InChI=1S/C6H14O4.2C6H14O3.C6H14O2.C5H12O4.C4H10O3/c7-1-3-9-5-6-10-4-2-8;1-5(7)3-9-4-6(2)8;1-3-5(7)9-6(8)4-2;7-5-3-1-2-4-6-8;6-1-5(2-7,3-8)4-9;5-1-3-7-4-2-6/h7-8H,1-6H2;2*5-8H,3-4H2,1-2H3;7-8H,1-6H2;6-9H,1-4H2;5-6H,1-4H2. The van der Waals surface area contributed by atoms with Crippen LogP contribution in [0.15, 0.2) is 0 Å². The fourth-order valence-corrected chi connectivity index (χ4v) is 2.34. The zero-order chi connectivity index (χ0) is 41.3. The van der Waals surface area contributed by atoms with Crippen LogP contribution in [0.2, 0.25) is 0 Å². The minimum Gasteiger partial charge on any atom is -0.396 e. The molecule has 0 aliphatic rings. The van der Waals surface area contributed by atoms with Crippen LogP contribution in [-0.2, 0) is 23.7 Å². The zero-order valence-electron chi connectivity index (χ0n) is 32.1. The molecule has 0 aliphatic heterocycles. The first-order valence-electron chi connectivity index (χ1n) is 17.6. The minimum absolute atomic E-state index is 0.0278. The first-order valence-corrected chi connectivity index (χ1v) is 17.6. The lowest BCUT2D eigenvalue weighted by molar-refractivity contribution is -0.208. The highest BCUT2D eigenvalue weighted by atomic mass is 16.7. The van der Waals surface area contributed by atoms with Crippen LogP contribution in [0.25, 0.3) is 0 Å². The lowest BCUT2D eigenvalue weighted by atomic mass is 9.93. The molecule has 0 amide bonds. The van der Waals surface area contributed by atoms with Gasteiger partial charge in [0.25, 0.3) is 0 Å². The van der Waals surface area contributed by atoms with E-state index in [1.807, 2.05) is 0 Å². The van der Waals surface area contributed by atoms with Gasteiger partial charge in [0.2, 0.25) is 0 Å². The maximum absolute atomic E-state index is 8.78. The Kier molecular flexibility index (Phi) is 69.2. The SMILES string of the molecule is CC(O)COCC(C)O.CCC(O)OC(O)CC.OCC(CO)(CO)CO.OCCCCCCO.OCCOCCO.OCCOCCOCCO. The summed E-state index contributed by atoms with van der Waals surface area (Å²) in [5, 5.41) is 118. The molecule has 19 heteroatoms. The Morgan fingerprint density at radius 3 is 0.885 bits per heavy atom. The first-order chi connectivity index (χ1) is 24.8. The lowest BCUT2D eigenvalue weighted by Gasteiger charge is -2.23. The van der Waals surface area contributed by atoms with Crippen LogP contribution in [0, 0.1) is 5.41 Å². The molecule has 0 heterocycles. The van der Waals surface area contributed by atoms with Crippen molar-refractivity contribution in [2.45, 2.75) is 91.0 Å². The van der Waals surface area contributed by atoms with Crippen molar-refractivity contribution in [3.8, 4) is 0 Å². The van der Waals surface area contributed by atoms with E-state index >= 15 is 0 Å². The summed E-state index contributed by atoms with van der Waals surface area (Å²) in [6.45, 7) is 8.81. The molecule has 19 nitrogen and oxygen atoms in total. The number of aliphatic hydroxyl groups is 14. The third kappa shape index (κ3) is 67.4. The van der Waals surface area contributed by atoms with Crippen molar-refractivity contribution in [2.75, 3.05) is 119 Å². The average molecular weight is 779 g/mol. The number of ether oxygens (including phenoxy) is 5. The average Bonchev–Trinajstić information content (AvgIpc) is 3.14. The number of unbranched alkanes of at least 4 members (excludes halogenated alkanes) is 3. The van der Waals surface area contributed by atoms with E-state index in [0.29, 0.717) is 65.7 Å². The van der Waals surface area contributed by atoms with Gasteiger partial charge in [-0.1, -0.05) is 26.7 Å². The van der Waals surface area contributed by atoms with E-state index in [2.05, 4.69) is 9.47 Å². The molecular formula is C33H78O19. The van der Waals surface area contributed by atoms with Gasteiger partial charge in [-0.2, -0.15) is 0 Å². The fraction of sp³-hybridized carbons (Fsp3) is 1.00. The molecule has 0 rings (SSSR count). The highest BCUT2D eigenvalue weighted by Crippen LogP contribution is 2.11. The van der Waals surface area contributed by atoms with Gasteiger partial charge in [-0.05, 0) is 39.5 Å². The molecule has 0 aromatic rings. The van der Waals surface area contributed by atoms with Crippen LogP contribution in [0.1, 0.15) is 66.2 Å². The predicted octanol–water partition coefficient (Wildman–Crippen LogP) is -3.31. The van der Waals surface area contributed by atoms with Gasteiger partial charge in [0.1, 0.15) is 0 Å². The highest BCUT2D eigenvalue weighted by Gasteiger charge is 2.26. The van der Waals surface area contributed by atoms with Crippen molar-refractivity contribution < 1.29 is 95.2 Å². The Morgan fingerprint density at radius 1 is 0.404 bits per heavy atom. The quantitative estimate of drug-likeness (QED) is 0.0273. The molecule has 0 radical (unpaired) electrons. The maximum atomic E-state index is 8.78. The van der Waals surface area contributed by atoms with Crippen molar-refractivity contribution in [1.82, 2.24) is 0 Å². The van der Waals surface area contributed by atoms with Gasteiger partial charge < -0.3 is 95.2 Å². The third-order valence-corrected chi connectivity index (χ3v) is 5.45. The van der Waals surface area contributed by atoms with E-state index in [-0.39, 0.29) is 39.6 Å². The number of hydrogen-bond donors (Lipinski definition) is 14. The van der Waals surface area contributed by atoms with Crippen LogP contribution in [0.5, 0.6) is 0 Å². The van der Waals surface area contributed by atoms with Crippen LogP contribution in [-0.4, -0.2) is 215 Å². The lowest BCUT2D eigenvalue weighted by Crippen LogP contribution is -2.37. The van der Waals surface area contributed by atoms with Gasteiger partial charge in [-0.3, -0.25) is 0 Å². The van der Waals surface area contributed by atoms with Gasteiger partial charge >= 0.3 is 0 Å². The molecule has 52 heavy (non-hydrogen) atoms. The second-order valence-electron chi connectivity index (χ2n) is 10.8. The van der Waals surface area contributed by atoms with Crippen molar-refractivity contribution in [1.29, 1.82) is 0 Å². The van der Waals surface area contributed by atoms with Gasteiger partial charge in [-0.25, -0.2) is 0 Å². The molecule has 0 saturated heterocycles. The smallest absolute Gasteiger partial charge is 0.157 e. The van der Waals surface area contributed by atoms with Crippen LogP contribution in [0.3, 0.4) is 0 Å². The summed E-state index contributed by atoms with van der Waals surface area (Å²) < 4.78 is 23.9. The molecule has 0 aromatic carbocycles. The van der Waals surface area contributed by atoms with Crippen molar-refractivity contribution in [2.24, 2.45) is 5.41 Å². The Morgan fingerprint density at radius 2 is 0.692 bits per heavy atom. The van der Waals surface area contributed by atoms with Gasteiger partial charge in [0.05, 0.1) is 123 Å². The molecule has 4 atom stereocenters. The molecule has 0 aromatic heterocycles. The van der Waals surface area contributed by atoms with Gasteiger partial charge in [0.15, 0.2) is 12.6 Å². The Labute approximate surface area is 310 Å². The Balaban J connectivity index is -0.000000122. The summed E-state index contributed by atoms with van der Waals surface area (Å²) in [6, 6.07) is 0. The van der Waals surface area contributed by atoms with E-state index in [0.717, 1.165) is 25.7 Å². The first kappa shape index (κ1) is 63.2. The number of rotatable bonds is 28. The monoisotopic (exact) mass is 779 g/mol. The second-order valence-corrected chi connectivity index (χ2v) is 10.8. The molecule has 0 spiro atoms. The number of aliphatic hydroxyl groups excluding tert-OH is 14. The largest absolute Gasteiger partial charge is 0.396 e. The number of hydrogen-bond acceptors (Lipinski definition) is 19. The van der Waals surface area contributed by atoms with Crippen LogP contribution in [0.4, 0.5) is 0 Å². The molecule has 0 saturated carbocycles. The van der Waals surface area contributed by atoms with Gasteiger partial charge in [-0.15, -0.1) is 0 Å². The normalized spacial score (nSPS) is 12.8. The summed E-state index contributed by atoms with van der Waals surface area (Å²) in [4.78, 5) is 0. The van der Waals surface area contributed by atoms with Crippen LogP contribution >= 0.6 is 0 Å². The molecule has 0 aliphatic carbocycles.